The van der Waals surface area contributed by atoms with Crippen molar-refractivity contribution in [2.45, 2.75) is 26.9 Å². The van der Waals surface area contributed by atoms with Gasteiger partial charge in [0.2, 0.25) is 0 Å². The van der Waals surface area contributed by atoms with E-state index >= 15 is 0 Å². The Kier molecular flexibility index (Phi) is 5.14. The van der Waals surface area contributed by atoms with E-state index in [0.29, 0.717) is 6.54 Å². The Labute approximate surface area is 96.3 Å². The smallest absolute Gasteiger partial charge is 0.147 e. The molecule has 16 heavy (non-hydrogen) atoms. The molecule has 0 aromatic carbocycles. The summed E-state index contributed by atoms with van der Waals surface area (Å²) in [6.07, 6.45) is 1.45. The molecule has 1 heterocycles. The van der Waals surface area contributed by atoms with Gasteiger partial charge in [-0.2, -0.15) is 0 Å². The number of aryl methyl sites for hydroxylation is 2. The summed E-state index contributed by atoms with van der Waals surface area (Å²) in [7, 11) is 0. The van der Waals surface area contributed by atoms with Crippen molar-refractivity contribution >= 4 is 5.82 Å². The van der Waals surface area contributed by atoms with Crippen LogP contribution in [0.15, 0.2) is 6.20 Å². The van der Waals surface area contributed by atoms with E-state index in [1.807, 2.05) is 13.8 Å². The lowest BCUT2D eigenvalue weighted by atomic mass is 10.4. The third-order valence-electron chi connectivity index (χ3n) is 2.11. The Balaban J connectivity index is 2.29. The van der Waals surface area contributed by atoms with Crippen molar-refractivity contribution in [2.24, 2.45) is 0 Å². The maximum atomic E-state index is 9.04. The first-order chi connectivity index (χ1) is 7.59. The summed E-state index contributed by atoms with van der Waals surface area (Å²) in [5, 5.41) is 15.4. The number of rotatable bonds is 6. The minimum absolute atomic E-state index is 0.305. The lowest BCUT2D eigenvalue weighted by Crippen LogP contribution is -2.29. The van der Waals surface area contributed by atoms with Crippen molar-refractivity contribution in [1.82, 2.24) is 15.3 Å². The zero-order valence-corrected chi connectivity index (χ0v) is 10.1. The van der Waals surface area contributed by atoms with Crippen molar-refractivity contribution in [3.63, 3.8) is 0 Å². The van der Waals surface area contributed by atoms with Gasteiger partial charge < -0.3 is 15.7 Å². The predicted molar refractivity (Wildman–Crippen MR) is 64.5 cm³/mol. The molecule has 3 N–H and O–H groups in total. The molecule has 0 aliphatic heterocycles. The van der Waals surface area contributed by atoms with E-state index in [1.54, 1.807) is 13.1 Å². The van der Waals surface area contributed by atoms with E-state index in [-0.39, 0.29) is 6.10 Å². The first-order valence-corrected chi connectivity index (χ1v) is 5.52. The van der Waals surface area contributed by atoms with Crippen LogP contribution in [0.1, 0.15) is 18.3 Å². The lowest BCUT2D eigenvalue weighted by Gasteiger charge is -2.10. The van der Waals surface area contributed by atoms with Gasteiger partial charge >= 0.3 is 0 Å². The van der Waals surface area contributed by atoms with Crippen LogP contribution in [0.4, 0.5) is 5.82 Å². The van der Waals surface area contributed by atoms with E-state index in [9.17, 15) is 0 Å². The molecule has 0 spiro atoms. The van der Waals surface area contributed by atoms with Gasteiger partial charge in [0.15, 0.2) is 0 Å². The molecule has 0 bridgehead atoms. The third kappa shape index (κ3) is 4.55. The summed E-state index contributed by atoms with van der Waals surface area (Å²) in [5.41, 5.74) is 1.81. The fourth-order valence-corrected chi connectivity index (χ4v) is 1.29. The molecular formula is C11H20N4O. The standard InChI is InChI=1S/C11H20N4O/c1-8-6-14-10(3)11(15-8)13-5-4-12-7-9(2)16/h6,9,12,16H,4-5,7H2,1-3H3,(H,13,15). The number of hydrogen-bond acceptors (Lipinski definition) is 5. The summed E-state index contributed by atoms with van der Waals surface area (Å²) in [6.45, 7) is 7.78. The van der Waals surface area contributed by atoms with Gasteiger partial charge in [-0.15, -0.1) is 0 Å². The Morgan fingerprint density at radius 3 is 2.81 bits per heavy atom. The fraction of sp³-hybridized carbons (Fsp3) is 0.636. The minimum atomic E-state index is -0.305. The maximum Gasteiger partial charge on any atom is 0.147 e. The molecule has 5 heteroatoms. The summed E-state index contributed by atoms with van der Waals surface area (Å²) in [5.74, 6) is 0.832. The van der Waals surface area contributed by atoms with E-state index in [0.717, 1.165) is 30.3 Å². The second-order valence-corrected chi connectivity index (χ2v) is 3.93. The molecule has 0 saturated heterocycles. The molecule has 1 atom stereocenters. The number of hydrogen-bond donors (Lipinski definition) is 3. The largest absolute Gasteiger partial charge is 0.392 e. The average molecular weight is 224 g/mol. The van der Waals surface area contributed by atoms with Crippen LogP contribution in [0.5, 0.6) is 0 Å². The van der Waals surface area contributed by atoms with Crippen LogP contribution in [0.25, 0.3) is 0 Å². The minimum Gasteiger partial charge on any atom is -0.392 e. The summed E-state index contributed by atoms with van der Waals surface area (Å²) in [4.78, 5) is 8.58. The van der Waals surface area contributed by atoms with Gasteiger partial charge in [-0.25, -0.2) is 4.98 Å². The van der Waals surface area contributed by atoms with E-state index in [1.165, 1.54) is 0 Å². The predicted octanol–water partition coefficient (Wildman–Crippen LogP) is 0.476. The van der Waals surface area contributed by atoms with Crippen molar-refractivity contribution in [3.8, 4) is 0 Å². The Morgan fingerprint density at radius 1 is 1.38 bits per heavy atom. The van der Waals surface area contributed by atoms with Gasteiger partial charge in [-0.05, 0) is 20.8 Å². The molecule has 0 saturated carbocycles. The van der Waals surface area contributed by atoms with Gasteiger partial charge in [0.05, 0.1) is 17.5 Å². The van der Waals surface area contributed by atoms with Gasteiger partial charge in [-0.3, -0.25) is 4.98 Å². The van der Waals surface area contributed by atoms with Crippen molar-refractivity contribution in [1.29, 1.82) is 0 Å². The number of anilines is 1. The van der Waals surface area contributed by atoms with Gasteiger partial charge in [0.25, 0.3) is 0 Å². The van der Waals surface area contributed by atoms with Crippen LogP contribution in [-0.2, 0) is 0 Å². The Bertz CT molecular complexity index is 328. The highest BCUT2D eigenvalue weighted by Gasteiger charge is 2.00. The lowest BCUT2D eigenvalue weighted by molar-refractivity contribution is 0.192. The molecule has 1 aromatic heterocycles. The molecule has 0 radical (unpaired) electrons. The third-order valence-corrected chi connectivity index (χ3v) is 2.11. The van der Waals surface area contributed by atoms with Crippen LogP contribution in [0, 0.1) is 13.8 Å². The van der Waals surface area contributed by atoms with Gasteiger partial charge in [0, 0.05) is 25.8 Å². The number of nitrogens with one attached hydrogen (secondary N) is 2. The Morgan fingerprint density at radius 2 is 2.12 bits per heavy atom. The van der Waals surface area contributed by atoms with Crippen LogP contribution < -0.4 is 10.6 Å². The summed E-state index contributed by atoms with van der Waals surface area (Å²) in [6, 6.07) is 0. The number of aliphatic hydroxyl groups is 1. The van der Waals surface area contributed by atoms with Crippen molar-refractivity contribution < 1.29 is 5.11 Å². The summed E-state index contributed by atoms with van der Waals surface area (Å²) < 4.78 is 0. The zero-order chi connectivity index (χ0) is 12.0. The van der Waals surface area contributed by atoms with Crippen LogP contribution in [0.2, 0.25) is 0 Å². The maximum absolute atomic E-state index is 9.04. The van der Waals surface area contributed by atoms with E-state index in [4.69, 9.17) is 5.11 Å². The molecule has 0 aliphatic carbocycles. The molecule has 0 fully saturated rings. The molecule has 1 rings (SSSR count). The second kappa shape index (κ2) is 6.40. The summed E-state index contributed by atoms with van der Waals surface area (Å²) >= 11 is 0. The Hall–Kier alpha value is -1.20. The highest BCUT2D eigenvalue weighted by atomic mass is 16.3. The first-order valence-electron chi connectivity index (χ1n) is 5.52. The molecule has 90 valence electrons. The number of aliphatic hydroxyl groups excluding tert-OH is 1. The van der Waals surface area contributed by atoms with Gasteiger partial charge in [-0.1, -0.05) is 0 Å². The zero-order valence-electron chi connectivity index (χ0n) is 10.1. The van der Waals surface area contributed by atoms with Crippen LogP contribution in [-0.4, -0.2) is 40.8 Å². The van der Waals surface area contributed by atoms with Gasteiger partial charge in [0.1, 0.15) is 5.82 Å². The molecule has 1 unspecified atom stereocenters. The molecule has 5 nitrogen and oxygen atoms in total. The molecule has 1 aromatic rings. The fourth-order valence-electron chi connectivity index (χ4n) is 1.29. The highest BCUT2D eigenvalue weighted by Crippen LogP contribution is 2.07. The average Bonchev–Trinajstić information content (AvgIpc) is 2.22. The molecule has 0 amide bonds. The van der Waals surface area contributed by atoms with Crippen LogP contribution in [0.3, 0.4) is 0 Å². The monoisotopic (exact) mass is 224 g/mol. The van der Waals surface area contributed by atoms with E-state index < -0.39 is 0 Å². The topological polar surface area (TPSA) is 70.1 Å². The van der Waals surface area contributed by atoms with Crippen LogP contribution >= 0.6 is 0 Å². The van der Waals surface area contributed by atoms with Crippen molar-refractivity contribution in [2.75, 3.05) is 25.0 Å². The second-order valence-electron chi connectivity index (χ2n) is 3.93. The molecule has 0 aliphatic rings. The number of aromatic nitrogens is 2. The normalized spacial score (nSPS) is 12.5. The van der Waals surface area contributed by atoms with E-state index in [2.05, 4.69) is 20.6 Å². The van der Waals surface area contributed by atoms with Crippen molar-refractivity contribution in [3.05, 3.63) is 17.6 Å². The molecular weight excluding hydrogens is 204 g/mol. The number of nitrogens with zero attached hydrogens (tertiary/aromatic N) is 2. The first kappa shape index (κ1) is 12.9. The quantitative estimate of drug-likeness (QED) is 0.613. The SMILES string of the molecule is Cc1cnc(C)c(NCCNCC(C)O)n1. The highest BCUT2D eigenvalue weighted by molar-refractivity contribution is 5.39.